The summed E-state index contributed by atoms with van der Waals surface area (Å²) in [6.45, 7) is 0. The molecule has 0 aromatic carbocycles. The second-order valence-electron chi connectivity index (χ2n) is 4.20. The first-order chi connectivity index (χ1) is 9.73. The van der Waals surface area contributed by atoms with Crippen molar-refractivity contribution in [3.63, 3.8) is 0 Å². The number of H-pyrrole nitrogens is 1. The molecule has 12 nitrogen and oxygen atoms in total. The van der Waals surface area contributed by atoms with Gasteiger partial charge in [-0.05, 0) is 0 Å². The predicted octanol–water partition coefficient (Wildman–Crippen LogP) is -2.85. The molecule has 0 saturated carbocycles. The molecule has 0 bridgehead atoms. The Balaban J connectivity index is 2.50. The van der Waals surface area contributed by atoms with Crippen molar-refractivity contribution >= 4 is 11.7 Å². The molecular weight excluding hydrogens is 294 g/mol. The lowest BCUT2D eigenvalue weighted by Crippen LogP contribution is -2.38. The van der Waals surface area contributed by atoms with Gasteiger partial charge in [0.15, 0.2) is 12.3 Å². The van der Waals surface area contributed by atoms with Crippen LogP contribution in [0.2, 0.25) is 0 Å². The second kappa shape index (κ2) is 5.08. The fourth-order valence-corrected chi connectivity index (χ4v) is 1.89. The lowest BCUT2D eigenvalue weighted by atomic mass is 10.1. The van der Waals surface area contributed by atoms with Gasteiger partial charge >= 0.3 is 22.9 Å². The summed E-state index contributed by atoms with van der Waals surface area (Å²) in [5.41, 5.74) is -3.42. The number of hydrogen-bond donors (Lipinski definition) is 4. The van der Waals surface area contributed by atoms with E-state index < -0.39 is 52.4 Å². The van der Waals surface area contributed by atoms with Crippen LogP contribution in [0.3, 0.4) is 0 Å². The maximum absolute atomic E-state index is 11.6. The number of aromatic amines is 1. The molecule has 1 aromatic rings. The van der Waals surface area contributed by atoms with Crippen LogP contribution in [0.15, 0.2) is 15.8 Å². The molecule has 2 rings (SSSR count). The Morgan fingerprint density at radius 3 is 2.48 bits per heavy atom. The van der Waals surface area contributed by atoms with Crippen LogP contribution in [0.25, 0.3) is 0 Å². The number of nitrogens with zero attached hydrogens (tertiary/aromatic N) is 2. The van der Waals surface area contributed by atoms with E-state index in [0.717, 1.165) is 0 Å². The summed E-state index contributed by atoms with van der Waals surface area (Å²) in [5, 5.41) is 38.6. The molecule has 114 valence electrons. The SMILES string of the molecule is O=C(O)[C@@H]1O[C@@H](n2cc([N+](=O)[O-])c(=O)[nH]c2=O)[C@H](O)[C@@H]1O. The van der Waals surface area contributed by atoms with Crippen molar-refractivity contribution in [2.75, 3.05) is 0 Å². The van der Waals surface area contributed by atoms with E-state index >= 15 is 0 Å². The van der Waals surface area contributed by atoms with E-state index in [4.69, 9.17) is 9.84 Å². The summed E-state index contributed by atoms with van der Waals surface area (Å²) in [4.78, 5) is 44.8. The Hall–Kier alpha value is -2.57. The molecule has 0 unspecified atom stereocenters. The van der Waals surface area contributed by atoms with E-state index in [-0.39, 0.29) is 0 Å². The molecule has 0 amide bonds. The van der Waals surface area contributed by atoms with E-state index in [9.17, 15) is 34.7 Å². The van der Waals surface area contributed by atoms with E-state index in [2.05, 4.69) is 0 Å². The highest BCUT2D eigenvalue weighted by Crippen LogP contribution is 2.28. The molecule has 0 aliphatic carbocycles. The average molecular weight is 303 g/mol. The van der Waals surface area contributed by atoms with Crippen LogP contribution in [0.1, 0.15) is 6.23 Å². The number of nitro groups is 1. The highest BCUT2D eigenvalue weighted by molar-refractivity contribution is 5.73. The first kappa shape index (κ1) is 14.8. The number of carboxylic acids is 1. The number of carbonyl (C=O) groups is 1. The van der Waals surface area contributed by atoms with Gasteiger partial charge in [0, 0.05) is 0 Å². The number of aliphatic carboxylic acids is 1. The Labute approximate surface area is 114 Å². The molecule has 2 heterocycles. The summed E-state index contributed by atoms with van der Waals surface area (Å²) >= 11 is 0. The smallest absolute Gasteiger partial charge is 0.350 e. The summed E-state index contributed by atoms with van der Waals surface area (Å²) in [6.07, 6.45) is -6.67. The van der Waals surface area contributed by atoms with Gasteiger partial charge in [0.05, 0.1) is 11.1 Å². The number of carboxylic acid groups (broad SMARTS) is 1. The van der Waals surface area contributed by atoms with Gasteiger partial charge in [-0.3, -0.25) is 24.5 Å². The largest absolute Gasteiger partial charge is 0.479 e. The maximum atomic E-state index is 11.6. The quantitative estimate of drug-likeness (QED) is 0.337. The van der Waals surface area contributed by atoms with Crippen LogP contribution >= 0.6 is 0 Å². The van der Waals surface area contributed by atoms with E-state index in [1.807, 2.05) is 0 Å². The highest BCUT2D eigenvalue weighted by atomic mass is 16.6. The van der Waals surface area contributed by atoms with Gasteiger partial charge in [-0.25, -0.2) is 9.59 Å². The molecule has 1 saturated heterocycles. The van der Waals surface area contributed by atoms with E-state index in [1.54, 1.807) is 4.98 Å². The van der Waals surface area contributed by atoms with Crippen LogP contribution in [0.4, 0.5) is 5.69 Å². The number of ether oxygens (including phenoxy) is 1. The monoisotopic (exact) mass is 303 g/mol. The molecule has 12 heteroatoms. The number of hydrogen-bond acceptors (Lipinski definition) is 8. The van der Waals surface area contributed by atoms with E-state index in [0.29, 0.717) is 10.8 Å². The van der Waals surface area contributed by atoms with Crippen molar-refractivity contribution in [2.45, 2.75) is 24.5 Å². The first-order valence-electron chi connectivity index (χ1n) is 5.48. The van der Waals surface area contributed by atoms with Gasteiger partial charge in [0.1, 0.15) is 12.2 Å². The van der Waals surface area contributed by atoms with Crippen molar-refractivity contribution in [1.82, 2.24) is 9.55 Å². The Morgan fingerprint density at radius 2 is 2.00 bits per heavy atom. The fraction of sp³-hybridized carbons (Fsp3) is 0.444. The Kier molecular flexibility index (Phi) is 3.59. The zero-order valence-electron chi connectivity index (χ0n) is 10.1. The van der Waals surface area contributed by atoms with Crippen LogP contribution in [-0.2, 0) is 9.53 Å². The van der Waals surface area contributed by atoms with Crippen LogP contribution in [0.5, 0.6) is 0 Å². The Bertz CT molecular complexity index is 707. The lowest BCUT2D eigenvalue weighted by Gasteiger charge is -2.16. The van der Waals surface area contributed by atoms with Crippen molar-refractivity contribution in [1.29, 1.82) is 0 Å². The van der Waals surface area contributed by atoms with Crippen molar-refractivity contribution in [2.24, 2.45) is 0 Å². The maximum Gasteiger partial charge on any atom is 0.350 e. The zero-order valence-corrected chi connectivity index (χ0v) is 10.1. The number of rotatable bonds is 3. The van der Waals surface area contributed by atoms with Gasteiger partial charge in [0.2, 0.25) is 0 Å². The third-order valence-electron chi connectivity index (χ3n) is 2.90. The van der Waals surface area contributed by atoms with Crippen molar-refractivity contribution in [3.05, 3.63) is 37.1 Å². The number of aliphatic hydroxyl groups excluding tert-OH is 2. The van der Waals surface area contributed by atoms with E-state index in [1.165, 1.54) is 0 Å². The second-order valence-corrected chi connectivity index (χ2v) is 4.20. The minimum Gasteiger partial charge on any atom is -0.479 e. The molecule has 1 aromatic heterocycles. The van der Waals surface area contributed by atoms with Crippen LogP contribution in [0, 0.1) is 10.1 Å². The normalized spacial score (nSPS) is 28.5. The minimum atomic E-state index is -1.84. The fourth-order valence-electron chi connectivity index (χ4n) is 1.89. The number of nitrogens with one attached hydrogen (secondary N) is 1. The predicted molar refractivity (Wildman–Crippen MR) is 61.5 cm³/mol. The van der Waals surface area contributed by atoms with Crippen molar-refractivity contribution in [3.8, 4) is 0 Å². The van der Waals surface area contributed by atoms with Crippen molar-refractivity contribution < 1.29 is 29.8 Å². The van der Waals surface area contributed by atoms with Gasteiger partial charge in [-0.15, -0.1) is 0 Å². The molecule has 1 aliphatic rings. The highest BCUT2D eigenvalue weighted by Gasteiger charge is 2.48. The van der Waals surface area contributed by atoms with Gasteiger partial charge in [0.25, 0.3) is 0 Å². The number of aromatic nitrogens is 2. The standard InChI is InChI=1S/C9H9N3O9/c13-3-4(14)7(21-5(3)8(16)17)11-1-2(12(19)20)6(15)10-9(11)18/h1,3-5,7,13-14H,(H,16,17)(H,10,15,18)/t3-,4+,5+,7+/m0/s1. The molecule has 0 spiro atoms. The summed E-state index contributed by atoms with van der Waals surface area (Å²) in [5.74, 6) is -1.59. The van der Waals surface area contributed by atoms with Gasteiger partial charge in [-0.1, -0.05) is 0 Å². The summed E-state index contributed by atoms with van der Waals surface area (Å²) in [6, 6.07) is 0. The zero-order chi connectivity index (χ0) is 15.9. The molecular formula is C9H9N3O9. The molecule has 21 heavy (non-hydrogen) atoms. The molecule has 1 fully saturated rings. The Morgan fingerprint density at radius 1 is 1.38 bits per heavy atom. The minimum absolute atomic E-state index is 0.441. The van der Waals surface area contributed by atoms with Crippen LogP contribution in [-0.4, -0.2) is 54.1 Å². The third-order valence-corrected chi connectivity index (χ3v) is 2.90. The lowest BCUT2D eigenvalue weighted by molar-refractivity contribution is -0.387. The molecule has 4 N–H and O–H groups in total. The third kappa shape index (κ3) is 2.42. The first-order valence-corrected chi connectivity index (χ1v) is 5.48. The summed E-state index contributed by atoms with van der Waals surface area (Å²) < 4.78 is 5.25. The summed E-state index contributed by atoms with van der Waals surface area (Å²) in [7, 11) is 0. The van der Waals surface area contributed by atoms with Gasteiger partial charge < -0.3 is 20.1 Å². The van der Waals surface area contributed by atoms with Crippen LogP contribution < -0.4 is 11.2 Å². The molecule has 4 atom stereocenters. The average Bonchev–Trinajstić information content (AvgIpc) is 2.66. The topological polar surface area (TPSA) is 185 Å². The molecule has 1 aliphatic heterocycles. The van der Waals surface area contributed by atoms with Gasteiger partial charge in [-0.2, -0.15) is 0 Å². The molecule has 0 radical (unpaired) electrons. The number of aliphatic hydroxyl groups is 2.